The summed E-state index contributed by atoms with van der Waals surface area (Å²) in [6, 6.07) is 3.39. The maximum Gasteiger partial charge on any atom is 0.132 e. The van der Waals surface area contributed by atoms with E-state index in [0.717, 1.165) is 23.6 Å². The van der Waals surface area contributed by atoms with Gasteiger partial charge in [0.1, 0.15) is 11.6 Å². The molecule has 78 valence electrons. The van der Waals surface area contributed by atoms with Crippen molar-refractivity contribution in [3.8, 4) is 11.3 Å². The predicted octanol–water partition coefficient (Wildman–Crippen LogP) is 3.65. The van der Waals surface area contributed by atoms with Crippen molar-refractivity contribution in [2.24, 2.45) is 0 Å². The maximum absolute atomic E-state index is 13.4. The van der Waals surface area contributed by atoms with Crippen LogP contribution in [0, 0.1) is 11.6 Å². The molecule has 2 rings (SSSR count). The number of rotatable bonds is 2. The van der Waals surface area contributed by atoms with E-state index in [9.17, 15) is 8.78 Å². The van der Waals surface area contributed by atoms with Crippen LogP contribution in [-0.4, -0.2) is 4.98 Å². The van der Waals surface area contributed by atoms with Gasteiger partial charge in [0.05, 0.1) is 10.7 Å². The number of hydrogen-bond acceptors (Lipinski definition) is 2. The van der Waals surface area contributed by atoms with Gasteiger partial charge in [-0.15, -0.1) is 11.3 Å². The first-order valence-corrected chi connectivity index (χ1v) is 5.48. The molecule has 0 saturated carbocycles. The third-order valence-electron chi connectivity index (χ3n) is 2.06. The van der Waals surface area contributed by atoms with Crippen molar-refractivity contribution in [2.75, 3.05) is 0 Å². The van der Waals surface area contributed by atoms with Gasteiger partial charge in [-0.05, 0) is 24.6 Å². The minimum Gasteiger partial charge on any atom is -0.241 e. The van der Waals surface area contributed by atoms with E-state index in [2.05, 4.69) is 4.98 Å². The molecule has 1 nitrogen and oxygen atoms in total. The Bertz CT molecular complexity index is 479. The zero-order valence-electron chi connectivity index (χ0n) is 8.13. The Morgan fingerprint density at radius 1 is 1.33 bits per heavy atom. The average Bonchev–Trinajstić information content (AvgIpc) is 2.70. The van der Waals surface area contributed by atoms with Crippen LogP contribution < -0.4 is 0 Å². The molecule has 1 heterocycles. The maximum atomic E-state index is 13.4. The van der Waals surface area contributed by atoms with Gasteiger partial charge in [-0.2, -0.15) is 0 Å². The quantitative estimate of drug-likeness (QED) is 0.760. The Balaban J connectivity index is 2.48. The van der Waals surface area contributed by atoms with E-state index < -0.39 is 11.6 Å². The minimum absolute atomic E-state index is 0.228. The molecule has 0 radical (unpaired) electrons. The Morgan fingerprint density at radius 3 is 2.80 bits per heavy atom. The molecule has 0 N–H and O–H groups in total. The van der Waals surface area contributed by atoms with Crippen molar-refractivity contribution in [2.45, 2.75) is 13.3 Å². The molecule has 0 saturated heterocycles. The lowest BCUT2D eigenvalue weighted by Gasteiger charge is -1.98. The van der Waals surface area contributed by atoms with Gasteiger partial charge >= 0.3 is 0 Å². The summed E-state index contributed by atoms with van der Waals surface area (Å²) < 4.78 is 26.3. The van der Waals surface area contributed by atoms with Crippen molar-refractivity contribution in [1.29, 1.82) is 0 Å². The second-order valence-corrected chi connectivity index (χ2v) is 4.05. The highest BCUT2D eigenvalue weighted by atomic mass is 32.1. The molecule has 0 amide bonds. The van der Waals surface area contributed by atoms with Gasteiger partial charge in [0.15, 0.2) is 0 Å². The van der Waals surface area contributed by atoms with E-state index in [1.807, 2.05) is 6.92 Å². The van der Waals surface area contributed by atoms with Crippen LogP contribution in [0.3, 0.4) is 0 Å². The van der Waals surface area contributed by atoms with Crippen LogP contribution in [0.4, 0.5) is 8.78 Å². The fraction of sp³-hybridized carbons (Fsp3) is 0.182. The Labute approximate surface area is 90.4 Å². The van der Waals surface area contributed by atoms with Crippen molar-refractivity contribution in [3.05, 3.63) is 40.2 Å². The highest BCUT2D eigenvalue weighted by molar-refractivity contribution is 7.09. The smallest absolute Gasteiger partial charge is 0.132 e. The molecule has 2 aromatic rings. The second-order valence-electron chi connectivity index (χ2n) is 3.10. The number of thiazole rings is 1. The lowest BCUT2D eigenvalue weighted by atomic mass is 10.1. The van der Waals surface area contributed by atoms with E-state index in [-0.39, 0.29) is 5.56 Å². The minimum atomic E-state index is -0.447. The Hall–Kier alpha value is -1.29. The van der Waals surface area contributed by atoms with E-state index in [1.54, 1.807) is 5.38 Å². The summed E-state index contributed by atoms with van der Waals surface area (Å²) in [7, 11) is 0. The van der Waals surface area contributed by atoms with Gasteiger partial charge < -0.3 is 0 Å². The number of hydrogen-bond donors (Lipinski definition) is 0. The molecule has 0 spiro atoms. The second kappa shape index (κ2) is 4.06. The normalized spacial score (nSPS) is 10.6. The molecule has 0 unspecified atom stereocenters. The van der Waals surface area contributed by atoms with Crippen LogP contribution >= 0.6 is 11.3 Å². The summed E-state index contributed by atoms with van der Waals surface area (Å²) in [4.78, 5) is 4.21. The summed E-state index contributed by atoms with van der Waals surface area (Å²) in [6.07, 6.45) is 0.807. The van der Waals surface area contributed by atoms with Gasteiger partial charge in [0.2, 0.25) is 0 Å². The molecule has 0 bridgehead atoms. The zero-order valence-corrected chi connectivity index (χ0v) is 8.94. The zero-order chi connectivity index (χ0) is 10.8. The molecular formula is C11H9F2NS. The molecule has 0 aliphatic rings. The van der Waals surface area contributed by atoms with Crippen LogP contribution in [0.5, 0.6) is 0 Å². The molecular weight excluding hydrogens is 216 g/mol. The fourth-order valence-electron chi connectivity index (χ4n) is 1.29. The largest absolute Gasteiger partial charge is 0.241 e. The van der Waals surface area contributed by atoms with Gasteiger partial charge in [0.25, 0.3) is 0 Å². The molecule has 1 aromatic carbocycles. The SMILES string of the molecule is CCc1nc(-c2cc(F)ccc2F)cs1. The third-order valence-corrected chi connectivity index (χ3v) is 3.05. The third kappa shape index (κ3) is 2.04. The molecule has 0 aliphatic heterocycles. The first-order valence-electron chi connectivity index (χ1n) is 4.60. The highest BCUT2D eigenvalue weighted by Crippen LogP contribution is 2.25. The van der Waals surface area contributed by atoms with E-state index >= 15 is 0 Å². The van der Waals surface area contributed by atoms with Crippen molar-refractivity contribution in [1.82, 2.24) is 4.98 Å². The van der Waals surface area contributed by atoms with E-state index in [0.29, 0.717) is 5.69 Å². The highest BCUT2D eigenvalue weighted by Gasteiger charge is 2.09. The monoisotopic (exact) mass is 225 g/mol. The number of aromatic nitrogens is 1. The van der Waals surface area contributed by atoms with Crippen molar-refractivity contribution < 1.29 is 8.78 Å². The van der Waals surface area contributed by atoms with Crippen molar-refractivity contribution in [3.63, 3.8) is 0 Å². The first kappa shape index (κ1) is 10.2. The number of aryl methyl sites for hydroxylation is 1. The van der Waals surface area contributed by atoms with Crippen LogP contribution in [0.15, 0.2) is 23.6 Å². The number of benzene rings is 1. The summed E-state index contributed by atoms with van der Waals surface area (Å²) in [6.45, 7) is 1.98. The first-order chi connectivity index (χ1) is 7.20. The molecule has 1 aromatic heterocycles. The molecule has 0 aliphatic carbocycles. The van der Waals surface area contributed by atoms with Gasteiger partial charge in [-0.25, -0.2) is 13.8 Å². The van der Waals surface area contributed by atoms with E-state index in [4.69, 9.17) is 0 Å². The Kier molecular flexibility index (Phi) is 2.77. The summed E-state index contributed by atoms with van der Waals surface area (Å²) in [5, 5.41) is 2.67. The van der Waals surface area contributed by atoms with Gasteiger partial charge in [0, 0.05) is 10.9 Å². The molecule has 0 atom stereocenters. The lowest BCUT2D eigenvalue weighted by Crippen LogP contribution is -1.87. The van der Waals surface area contributed by atoms with Crippen LogP contribution in [0.2, 0.25) is 0 Å². The molecule has 0 fully saturated rings. The average molecular weight is 225 g/mol. The predicted molar refractivity (Wildman–Crippen MR) is 56.8 cm³/mol. The number of halogens is 2. The van der Waals surface area contributed by atoms with Crippen molar-refractivity contribution >= 4 is 11.3 Å². The fourth-order valence-corrected chi connectivity index (χ4v) is 2.04. The lowest BCUT2D eigenvalue weighted by molar-refractivity contribution is 0.602. The van der Waals surface area contributed by atoms with Crippen LogP contribution in [0.1, 0.15) is 11.9 Å². The summed E-state index contributed by atoms with van der Waals surface area (Å²) >= 11 is 1.46. The topological polar surface area (TPSA) is 12.9 Å². The molecule has 15 heavy (non-hydrogen) atoms. The van der Waals surface area contributed by atoms with Gasteiger partial charge in [-0.3, -0.25) is 0 Å². The standard InChI is InChI=1S/C11H9F2NS/c1-2-11-14-10(6-15-11)8-5-7(12)3-4-9(8)13/h3-6H,2H2,1H3. The van der Waals surface area contributed by atoms with Crippen LogP contribution in [-0.2, 0) is 6.42 Å². The van der Waals surface area contributed by atoms with Gasteiger partial charge in [-0.1, -0.05) is 6.92 Å². The molecule has 4 heteroatoms. The van der Waals surface area contributed by atoms with E-state index in [1.165, 1.54) is 17.4 Å². The number of nitrogens with zero attached hydrogens (tertiary/aromatic N) is 1. The summed E-state index contributed by atoms with van der Waals surface area (Å²) in [5.41, 5.74) is 0.736. The van der Waals surface area contributed by atoms with Crippen LogP contribution in [0.25, 0.3) is 11.3 Å². The Morgan fingerprint density at radius 2 is 2.13 bits per heavy atom. The summed E-state index contributed by atoms with van der Waals surface area (Å²) in [5.74, 6) is -0.887.